The topological polar surface area (TPSA) is 33.5 Å². The van der Waals surface area contributed by atoms with E-state index in [1.54, 1.807) is 0 Å². The molecule has 110 valence electrons. The molecule has 20 heavy (non-hydrogen) atoms. The molecular formula is C17H27N2O+. The minimum Gasteiger partial charge on any atom is -0.325 e. The van der Waals surface area contributed by atoms with Crippen LogP contribution in [0.5, 0.6) is 0 Å². The molecule has 2 atom stereocenters. The van der Waals surface area contributed by atoms with Crippen LogP contribution < -0.4 is 10.2 Å². The van der Waals surface area contributed by atoms with Crippen molar-refractivity contribution in [2.45, 2.75) is 52.5 Å². The Bertz CT molecular complexity index is 470. The van der Waals surface area contributed by atoms with Gasteiger partial charge in [-0.3, -0.25) is 4.79 Å². The first kappa shape index (κ1) is 15.0. The second-order valence-electron chi connectivity index (χ2n) is 5.99. The fourth-order valence-electron chi connectivity index (χ4n) is 3.11. The molecule has 1 aliphatic rings. The van der Waals surface area contributed by atoms with Gasteiger partial charge < -0.3 is 10.2 Å². The average molecular weight is 275 g/mol. The standard InChI is InChI=1S/C17H26N2O/c1-4-15-10-7-8-13(2)17(15)18-16(20)12-19-11-6-5-9-14(19)3/h7-8,10,14H,4-6,9,11-12H2,1-3H3,(H,18,20)/p+1/t14-/m1/s1. The molecule has 1 aromatic rings. The Morgan fingerprint density at radius 2 is 2.20 bits per heavy atom. The Labute approximate surface area is 122 Å². The minimum atomic E-state index is 0.151. The molecule has 1 unspecified atom stereocenters. The van der Waals surface area contributed by atoms with Crippen molar-refractivity contribution in [2.75, 3.05) is 18.4 Å². The maximum Gasteiger partial charge on any atom is 0.279 e. The van der Waals surface area contributed by atoms with Gasteiger partial charge in [-0.2, -0.15) is 0 Å². The number of para-hydroxylation sites is 1. The summed E-state index contributed by atoms with van der Waals surface area (Å²) >= 11 is 0. The van der Waals surface area contributed by atoms with Crippen molar-refractivity contribution < 1.29 is 9.69 Å². The SMILES string of the molecule is CCc1cccc(C)c1NC(=O)C[NH+]1CCCC[C@H]1C. The lowest BCUT2D eigenvalue weighted by atomic mass is 10.0. The average Bonchev–Trinajstić information content (AvgIpc) is 2.43. The minimum absolute atomic E-state index is 0.151. The number of rotatable bonds is 4. The molecule has 0 spiro atoms. The number of amides is 1. The summed E-state index contributed by atoms with van der Waals surface area (Å²) < 4.78 is 0. The van der Waals surface area contributed by atoms with Gasteiger partial charge in [-0.1, -0.05) is 25.1 Å². The van der Waals surface area contributed by atoms with Crippen molar-refractivity contribution in [3.05, 3.63) is 29.3 Å². The zero-order valence-corrected chi connectivity index (χ0v) is 13.0. The van der Waals surface area contributed by atoms with Crippen LogP contribution in [0.2, 0.25) is 0 Å². The third-order valence-electron chi connectivity index (χ3n) is 4.47. The quantitative estimate of drug-likeness (QED) is 0.865. The summed E-state index contributed by atoms with van der Waals surface area (Å²) in [4.78, 5) is 13.7. The zero-order valence-electron chi connectivity index (χ0n) is 13.0. The van der Waals surface area contributed by atoms with Crippen molar-refractivity contribution in [3.63, 3.8) is 0 Å². The summed E-state index contributed by atoms with van der Waals surface area (Å²) in [6.45, 7) is 8.17. The monoisotopic (exact) mass is 275 g/mol. The second kappa shape index (κ2) is 6.89. The Morgan fingerprint density at radius 3 is 2.90 bits per heavy atom. The van der Waals surface area contributed by atoms with Crippen molar-refractivity contribution in [1.29, 1.82) is 0 Å². The van der Waals surface area contributed by atoms with Crippen molar-refractivity contribution in [3.8, 4) is 0 Å². The number of carbonyl (C=O) groups excluding carboxylic acids is 1. The summed E-state index contributed by atoms with van der Waals surface area (Å²) in [6.07, 6.45) is 4.75. The highest BCUT2D eigenvalue weighted by molar-refractivity contribution is 5.93. The fraction of sp³-hybridized carbons (Fsp3) is 0.588. The molecule has 0 radical (unpaired) electrons. The first-order chi connectivity index (χ1) is 9.61. The number of anilines is 1. The molecule has 0 aliphatic carbocycles. The van der Waals surface area contributed by atoms with E-state index in [2.05, 4.69) is 44.3 Å². The zero-order chi connectivity index (χ0) is 14.5. The highest BCUT2D eigenvalue weighted by Crippen LogP contribution is 2.20. The Kier molecular flexibility index (Phi) is 5.18. The summed E-state index contributed by atoms with van der Waals surface area (Å²) in [5.74, 6) is 0.151. The van der Waals surface area contributed by atoms with Gasteiger partial charge in [0.1, 0.15) is 0 Å². The summed E-state index contributed by atoms with van der Waals surface area (Å²) in [5.41, 5.74) is 3.39. The van der Waals surface area contributed by atoms with Gasteiger partial charge in [0.05, 0.1) is 12.6 Å². The predicted molar refractivity (Wildman–Crippen MR) is 83.2 cm³/mol. The number of quaternary nitrogens is 1. The van der Waals surface area contributed by atoms with Gasteiger partial charge >= 0.3 is 0 Å². The molecule has 0 aromatic heterocycles. The maximum atomic E-state index is 12.3. The first-order valence-electron chi connectivity index (χ1n) is 7.84. The molecule has 1 fully saturated rings. The number of aryl methyl sites for hydroxylation is 2. The lowest BCUT2D eigenvalue weighted by Gasteiger charge is -2.29. The number of likely N-dealkylation sites (tertiary alicyclic amines) is 1. The lowest BCUT2D eigenvalue weighted by molar-refractivity contribution is -0.920. The number of carbonyl (C=O) groups is 1. The van der Waals surface area contributed by atoms with E-state index >= 15 is 0 Å². The molecular weight excluding hydrogens is 248 g/mol. The van der Waals surface area contributed by atoms with Crippen LogP contribution in [0.15, 0.2) is 18.2 Å². The van der Waals surface area contributed by atoms with Gasteiger partial charge in [-0.15, -0.1) is 0 Å². The van der Waals surface area contributed by atoms with Crippen LogP contribution in [-0.4, -0.2) is 25.0 Å². The summed E-state index contributed by atoms with van der Waals surface area (Å²) in [5, 5.41) is 3.14. The van der Waals surface area contributed by atoms with E-state index in [1.165, 1.54) is 29.7 Å². The second-order valence-corrected chi connectivity index (χ2v) is 5.99. The fourth-order valence-corrected chi connectivity index (χ4v) is 3.11. The van der Waals surface area contributed by atoms with Gasteiger partial charge in [0.15, 0.2) is 6.54 Å². The molecule has 0 bridgehead atoms. The molecule has 1 aromatic carbocycles. The van der Waals surface area contributed by atoms with E-state index in [-0.39, 0.29) is 5.91 Å². The number of nitrogens with one attached hydrogen (secondary N) is 2. The molecule has 1 amide bonds. The molecule has 3 heteroatoms. The molecule has 2 N–H and O–H groups in total. The molecule has 1 aliphatic heterocycles. The smallest absolute Gasteiger partial charge is 0.279 e. The van der Waals surface area contributed by atoms with Gasteiger partial charge in [-0.25, -0.2) is 0 Å². The Hall–Kier alpha value is -1.35. The molecule has 0 saturated carbocycles. The molecule has 3 nitrogen and oxygen atoms in total. The molecule has 2 rings (SSSR count). The van der Waals surface area contributed by atoms with E-state index in [0.717, 1.165) is 24.2 Å². The van der Waals surface area contributed by atoms with Crippen LogP contribution in [-0.2, 0) is 11.2 Å². The van der Waals surface area contributed by atoms with Crippen LogP contribution in [0.3, 0.4) is 0 Å². The Balaban J connectivity index is 2.01. The number of benzene rings is 1. The van der Waals surface area contributed by atoms with Crippen LogP contribution in [0.4, 0.5) is 5.69 Å². The van der Waals surface area contributed by atoms with E-state index in [1.807, 2.05) is 0 Å². The van der Waals surface area contributed by atoms with Gasteiger partial charge in [-0.05, 0) is 50.7 Å². The van der Waals surface area contributed by atoms with Crippen molar-refractivity contribution in [2.24, 2.45) is 0 Å². The predicted octanol–water partition coefficient (Wildman–Crippen LogP) is 1.95. The molecule has 1 saturated heterocycles. The summed E-state index contributed by atoms with van der Waals surface area (Å²) in [7, 11) is 0. The van der Waals surface area contributed by atoms with Gasteiger partial charge in [0.25, 0.3) is 5.91 Å². The van der Waals surface area contributed by atoms with Crippen LogP contribution >= 0.6 is 0 Å². The van der Waals surface area contributed by atoms with Crippen molar-refractivity contribution in [1.82, 2.24) is 0 Å². The first-order valence-corrected chi connectivity index (χ1v) is 7.84. The highest BCUT2D eigenvalue weighted by Gasteiger charge is 2.24. The largest absolute Gasteiger partial charge is 0.325 e. The maximum absolute atomic E-state index is 12.3. The number of hydrogen-bond donors (Lipinski definition) is 2. The highest BCUT2D eigenvalue weighted by atomic mass is 16.2. The third-order valence-corrected chi connectivity index (χ3v) is 4.47. The van der Waals surface area contributed by atoms with Crippen LogP contribution in [0.25, 0.3) is 0 Å². The normalized spacial score (nSPS) is 22.6. The van der Waals surface area contributed by atoms with E-state index in [9.17, 15) is 4.79 Å². The van der Waals surface area contributed by atoms with E-state index in [0.29, 0.717) is 12.6 Å². The van der Waals surface area contributed by atoms with E-state index < -0.39 is 0 Å². The molecule has 1 heterocycles. The summed E-state index contributed by atoms with van der Waals surface area (Å²) in [6, 6.07) is 6.82. The Morgan fingerprint density at radius 1 is 1.40 bits per heavy atom. The lowest BCUT2D eigenvalue weighted by Crippen LogP contribution is -3.17. The number of piperidine rings is 1. The number of hydrogen-bond acceptors (Lipinski definition) is 1. The third kappa shape index (κ3) is 3.60. The van der Waals surface area contributed by atoms with Crippen molar-refractivity contribution >= 4 is 11.6 Å². The van der Waals surface area contributed by atoms with Crippen LogP contribution in [0.1, 0.15) is 44.2 Å². The van der Waals surface area contributed by atoms with E-state index in [4.69, 9.17) is 0 Å². The van der Waals surface area contributed by atoms with Gasteiger partial charge in [0, 0.05) is 5.69 Å². The van der Waals surface area contributed by atoms with Crippen LogP contribution in [0, 0.1) is 6.92 Å². The van der Waals surface area contributed by atoms with Gasteiger partial charge in [0.2, 0.25) is 0 Å².